The van der Waals surface area contributed by atoms with Crippen molar-refractivity contribution < 1.29 is 36.2 Å². The second-order valence-corrected chi connectivity index (χ2v) is 10.6. The molecule has 0 radical (unpaired) electrons. The number of thioether (sulfide) groups is 1. The number of nitrogens with one attached hydrogen (secondary N) is 2. The van der Waals surface area contributed by atoms with Crippen molar-refractivity contribution in [2.45, 2.75) is 24.1 Å². The number of phenolic OH excluding ortho intramolecular Hbond substituents is 1. The number of alkyl halides is 3. The van der Waals surface area contributed by atoms with Crippen molar-refractivity contribution in [1.29, 1.82) is 0 Å². The van der Waals surface area contributed by atoms with Crippen LogP contribution < -0.4 is 14.8 Å². The number of hydrogen-bond donors (Lipinski definition) is 3. The third-order valence-electron chi connectivity index (χ3n) is 4.70. The van der Waals surface area contributed by atoms with Gasteiger partial charge in [0, 0.05) is 16.1 Å². The summed E-state index contributed by atoms with van der Waals surface area (Å²) in [4.78, 5) is 13.4. The summed E-state index contributed by atoms with van der Waals surface area (Å²) in [5.74, 6) is -0.168. The van der Waals surface area contributed by atoms with Crippen LogP contribution in [0.4, 0.5) is 24.5 Å². The molecular weight excluding hydrogens is 517 g/mol. The molecule has 0 aliphatic carbocycles. The average molecular weight is 541 g/mol. The highest BCUT2D eigenvalue weighted by atomic mass is 32.2. The molecule has 192 valence electrons. The standard InChI is InChI=1S/C24H23F3N2O5S2/c1-36(32,33)29-21-15-18(8-13-22(21)30)28-23(31)17-6-4-16(5-7-17)3-2-14-35-20-11-9-19(10-12-20)34-24(25,26)27/h4-13,15,29-30H,2-3,14H2,1H3,(H,28,31). The van der Waals surface area contributed by atoms with Gasteiger partial charge in [-0.05, 0) is 78.8 Å². The smallest absolute Gasteiger partial charge is 0.506 e. The molecule has 0 aromatic heterocycles. The molecule has 3 rings (SSSR count). The SMILES string of the molecule is CS(=O)(=O)Nc1cc(NC(=O)c2ccc(CCCSc3ccc(OC(F)(F)F)cc3)cc2)ccc1O. The minimum atomic E-state index is -4.71. The summed E-state index contributed by atoms with van der Waals surface area (Å²) in [6, 6.07) is 16.8. The zero-order chi connectivity index (χ0) is 26.3. The molecule has 36 heavy (non-hydrogen) atoms. The number of aromatic hydroxyl groups is 1. The summed E-state index contributed by atoms with van der Waals surface area (Å²) < 4.78 is 65.5. The zero-order valence-electron chi connectivity index (χ0n) is 19.0. The zero-order valence-corrected chi connectivity index (χ0v) is 20.6. The summed E-state index contributed by atoms with van der Waals surface area (Å²) in [6.07, 6.45) is -2.19. The van der Waals surface area contributed by atoms with E-state index in [1.807, 2.05) is 12.1 Å². The Morgan fingerprint density at radius 2 is 1.69 bits per heavy atom. The van der Waals surface area contributed by atoms with E-state index >= 15 is 0 Å². The van der Waals surface area contributed by atoms with Gasteiger partial charge in [-0.2, -0.15) is 0 Å². The lowest BCUT2D eigenvalue weighted by molar-refractivity contribution is -0.274. The molecule has 3 aromatic carbocycles. The predicted octanol–water partition coefficient (Wildman–Crippen LogP) is 5.64. The normalized spacial score (nSPS) is 11.7. The number of benzene rings is 3. The van der Waals surface area contributed by atoms with Crippen molar-refractivity contribution in [1.82, 2.24) is 0 Å². The van der Waals surface area contributed by atoms with Crippen molar-refractivity contribution in [2.24, 2.45) is 0 Å². The molecule has 0 unspecified atom stereocenters. The van der Waals surface area contributed by atoms with E-state index < -0.39 is 22.3 Å². The van der Waals surface area contributed by atoms with Gasteiger partial charge in [-0.3, -0.25) is 9.52 Å². The summed E-state index contributed by atoms with van der Waals surface area (Å²) in [5, 5.41) is 12.5. The van der Waals surface area contributed by atoms with E-state index in [1.54, 1.807) is 24.3 Å². The van der Waals surface area contributed by atoms with Crippen molar-refractivity contribution in [2.75, 3.05) is 22.0 Å². The van der Waals surface area contributed by atoms with E-state index in [4.69, 9.17) is 0 Å². The number of hydrogen-bond acceptors (Lipinski definition) is 6. The molecule has 3 N–H and O–H groups in total. The van der Waals surface area contributed by atoms with Gasteiger partial charge in [0.15, 0.2) is 0 Å². The number of aryl methyl sites for hydroxylation is 1. The van der Waals surface area contributed by atoms with Gasteiger partial charge in [0.2, 0.25) is 10.0 Å². The van der Waals surface area contributed by atoms with Crippen molar-refractivity contribution >= 4 is 39.1 Å². The first kappa shape index (κ1) is 27.2. The number of anilines is 2. The maximum absolute atomic E-state index is 12.5. The van der Waals surface area contributed by atoms with Gasteiger partial charge < -0.3 is 15.2 Å². The van der Waals surface area contributed by atoms with Crippen LogP contribution in [0.25, 0.3) is 0 Å². The first-order chi connectivity index (χ1) is 16.9. The number of amides is 1. The lowest BCUT2D eigenvalue weighted by Gasteiger charge is -2.10. The van der Waals surface area contributed by atoms with Crippen LogP contribution >= 0.6 is 11.8 Å². The van der Waals surface area contributed by atoms with E-state index in [0.29, 0.717) is 11.3 Å². The van der Waals surface area contributed by atoms with Gasteiger partial charge in [-0.25, -0.2) is 8.42 Å². The van der Waals surface area contributed by atoms with E-state index in [-0.39, 0.29) is 17.2 Å². The second-order valence-electron chi connectivity index (χ2n) is 7.73. The number of carbonyl (C=O) groups excluding carboxylic acids is 1. The third kappa shape index (κ3) is 9.00. The Bertz CT molecular complexity index is 1300. The molecule has 0 aliphatic rings. The first-order valence-electron chi connectivity index (χ1n) is 10.6. The van der Waals surface area contributed by atoms with E-state index in [1.165, 1.54) is 42.1 Å². The fourth-order valence-corrected chi connectivity index (χ4v) is 4.54. The monoisotopic (exact) mass is 540 g/mol. The molecule has 3 aromatic rings. The van der Waals surface area contributed by atoms with Crippen LogP contribution in [0.15, 0.2) is 71.6 Å². The molecule has 0 saturated heterocycles. The van der Waals surface area contributed by atoms with Gasteiger partial charge in [0.1, 0.15) is 11.5 Å². The topological polar surface area (TPSA) is 105 Å². The molecule has 7 nitrogen and oxygen atoms in total. The van der Waals surface area contributed by atoms with Gasteiger partial charge >= 0.3 is 6.36 Å². The molecule has 0 saturated carbocycles. The molecule has 0 heterocycles. The average Bonchev–Trinajstić information content (AvgIpc) is 2.78. The molecule has 1 amide bonds. The Morgan fingerprint density at radius 1 is 1.03 bits per heavy atom. The van der Waals surface area contributed by atoms with Crippen LogP contribution in [0.1, 0.15) is 22.3 Å². The van der Waals surface area contributed by atoms with E-state index in [9.17, 15) is 31.5 Å². The molecule has 0 atom stereocenters. The quantitative estimate of drug-likeness (QED) is 0.133. The van der Waals surface area contributed by atoms with Crippen LogP contribution in [0.5, 0.6) is 11.5 Å². The van der Waals surface area contributed by atoms with Crippen LogP contribution in [0.3, 0.4) is 0 Å². The Hall–Kier alpha value is -3.38. The highest BCUT2D eigenvalue weighted by Gasteiger charge is 2.30. The van der Waals surface area contributed by atoms with Gasteiger partial charge in [-0.15, -0.1) is 24.9 Å². The summed E-state index contributed by atoms with van der Waals surface area (Å²) in [6.45, 7) is 0. The highest BCUT2D eigenvalue weighted by molar-refractivity contribution is 7.99. The maximum atomic E-state index is 12.5. The summed E-state index contributed by atoms with van der Waals surface area (Å²) in [7, 11) is -3.60. The highest BCUT2D eigenvalue weighted by Crippen LogP contribution is 2.28. The molecular formula is C24H23F3N2O5S2. The van der Waals surface area contributed by atoms with Gasteiger partial charge in [0.25, 0.3) is 5.91 Å². The predicted molar refractivity (Wildman–Crippen MR) is 133 cm³/mol. The molecule has 0 fully saturated rings. The second kappa shape index (κ2) is 11.6. The largest absolute Gasteiger partial charge is 0.573 e. The van der Waals surface area contributed by atoms with Crippen LogP contribution in [0, 0.1) is 0 Å². The van der Waals surface area contributed by atoms with Crippen molar-refractivity contribution in [3.8, 4) is 11.5 Å². The van der Waals surface area contributed by atoms with Crippen LogP contribution in [-0.2, 0) is 16.4 Å². The summed E-state index contributed by atoms with van der Waals surface area (Å²) >= 11 is 1.52. The molecule has 12 heteroatoms. The maximum Gasteiger partial charge on any atom is 0.573 e. The summed E-state index contributed by atoms with van der Waals surface area (Å²) in [5.41, 5.74) is 1.68. The number of carbonyl (C=O) groups is 1. The Balaban J connectivity index is 1.47. The van der Waals surface area contributed by atoms with E-state index in [0.717, 1.165) is 35.3 Å². The Kier molecular flexibility index (Phi) is 8.75. The number of phenols is 1. The van der Waals surface area contributed by atoms with Gasteiger partial charge in [-0.1, -0.05) is 12.1 Å². The third-order valence-corrected chi connectivity index (χ3v) is 6.39. The lowest BCUT2D eigenvalue weighted by Crippen LogP contribution is -2.16. The number of rotatable bonds is 10. The minimum Gasteiger partial charge on any atom is -0.506 e. The van der Waals surface area contributed by atoms with Gasteiger partial charge in [0.05, 0.1) is 11.9 Å². The van der Waals surface area contributed by atoms with Crippen LogP contribution in [0.2, 0.25) is 0 Å². The Morgan fingerprint density at radius 3 is 2.31 bits per heavy atom. The minimum absolute atomic E-state index is 0.0471. The number of ether oxygens (including phenoxy) is 1. The Labute approximate surface area is 210 Å². The fraction of sp³-hybridized carbons (Fsp3) is 0.208. The molecule has 0 bridgehead atoms. The fourth-order valence-electron chi connectivity index (χ4n) is 3.13. The van der Waals surface area contributed by atoms with Crippen molar-refractivity contribution in [3.63, 3.8) is 0 Å². The number of halogens is 3. The molecule has 0 aliphatic heterocycles. The lowest BCUT2D eigenvalue weighted by atomic mass is 10.1. The van der Waals surface area contributed by atoms with Crippen LogP contribution in [-0.4, -0.2) is 37.8 Å². The first-order valence-corrected chi connectivity index (χ1v) is 13.5. The van der Waals surface area contributed by atoms with E-state index in [2.05, 4.69) is 14.8 Å². The molecule has 0 spiro atoms. The van der Waals surface area contributed by atoms with Crippen molar-refractivity contribution in [3.05, 3.63) is 77.9 Å². The number of sulfonamides is 1.